The highest BCUT2D eigenvalue weighted by atomic mass is 16.7. The van der Waals surface area contributed by atoms with Gasteiger partial charge in [-0.2, -0.15) is 0 Å². The first-order valence-corrected chi connectivity index (χ1v) is 5.51. The van der Waals surface area contributed by atoms with Crippen LogP contribution in [-0.2, 0) is 5.54 Å². The largest absolute Gasteiger partial charge is 0.449 e. The van der Waals surface area contributed by atoms with Gasteiger partial charge in [0, 0.05) is 19.4 Å². The monoisotopic (exact) mass is 221 g/mol. The number of benzene rings is 1. The minimum absolute atomic E-state index is 0.366. The third-order valence-corrected chi connectivity index (χ3v) is 2.70. The fourth-order valence-electron chi connectivity index (χ4n) is 2.07. The summed E-state index contributed by atoms with van der Waals surface area (Å²) in [4.78, 5) is 0. The molecule has 0 saturated heterocycles. The van der Waals surface area contributed by atoms with Crippen LogP contribution >= 0.6 is 0 Å². The quantitative estimate of drug-likeness (QED) is 0.793. The van der Waals surface area contributed by atoms with E-state index in [0.717, 1.165) is 22.6 Å². The van der Waals surface area contributed by atoms with Gasteiger partial charge in [-0.1, -0.05) is 0 Å². The Balaban J connectivity index is 2.49. The number of hydrogen-bond donors (Lipinski definition) is 1. The van der Waals surface area contributed by atoms with E-state index in [1.165, 1.54) is 0 Å². The molecule has 2 rings (SSSR count). The number of ether oxygens (including phenoxy) is 2. The van der Waals surface area contributed by atoms with Crippen molar-refractivity contribution in [1.82, 2.24) is 0 Å². The molecule has 3 nitrogen and oxygen atoms in total. The summed E-state index contributed by atoms with van der Waals surface area (Å²) in [5, 5.41) is 0. The number of nitrogens with two attached hydrogens (primary N) is 1. The molecule has 1 aromatic carbocycles. The fourth-order valence-corrected chi connectivity index (χ4v) is 2.07. The van der Waals surface area contributed by atoms with E-state index in [1.807, 2.05) is 46.8 Å². The SMILES string of the molecule is Cc1cc2c(cc1C(C)(C)N)OC(C)(C)O2. The lowest BCUT2D eigenvalue weighted by Gasteiger charge is -2.22. The normalized spacial score (nSPS) is 17.6. The average Bonchev–Trinajstić information content (AvgIpc) is 2.34. The van der Waals surface area contributed by atoms with E-state index in [2.05, 4.69) is 0 Å². The van der Waals surface area contributed by atoms with Crippen LogP contribution in [0.2, 0.25) is 0 Å². The molecule has 0 aromatic heterocycles. The first-order chi connectivity index (χ1) is 7.19. The van der Waals surface area contributed by atoms with E-state index in [4.69, 9.17) is 15.2 Å². The van der Waals surface area contributed by atoms with Gasteiger partial charge in [0.1, 0.15) is 0 Å². The summed E-state index contributed by atoms with van der Waals surface area (Å²) in [6, 6.07) is 3.98. The van der Waals surface area contributed by atoms with Crippen LogP contribution < -0.4 is 15.2 Å². The maximum Gasteiger partial charge on any atom is 0.246 e. The van der Waals surface area contributed by atoms with E-state index in [0.29, 0.717) is 0 Å². The van der Waals surface area contributed by atoms with Crippen molar-refractivity contribution in [2.75, 3.05) is 0 Å². The lowest BCUT2D eigenvalue weighted by molar-refractivity contribution is -0.0431. The maximum atomic E-state index is 6.12. The van der Waals surface area contributed by atoms with Crippen molar-refractivity contribution in [3.63, 3.8) is 0 Å². The minimum atomic E-state index is -0.577. The highest BCUT2D eigenvalue weighted by Gasteiger charge is 2.33. The number of fused-ring (bicyclic) bond motifs is 1. The molecule has 0 aliphatic carbocycles. The molecule has 88 valence electrons. The van der Waals surface area contributed by atoms with Gasteiger partial charge in [0.15, 0.2) is 11.5 Å². The Kier molecular flexibility index (Phi) is 2.21. The number of rotatable bonds is 1. The number of hydrogen-bond acceptors (Lipinski definition) is 3. The average molecular weight is 221 g/mol. The molecule has 0 spiro atoms. The third-order valence-electron chi connectivity index (χ3n) is 2.70. The van der Waals surface area contributed by atoms with Gasteiger partial charge in [0.2, 0.25) is 5.79 Å². The van der Waals surface area contributed by atoms with Crippen LogP contribution in [0, 0.1) is 6.92 Å². The van der Waals surface area contributed by atoms with E-state index in [1.54, 1.807) is 0 Å². The van der Waals surface area contributed by atoms with E-state index < -0.39 is 5.79 Å². The zero-order valence-electron chi connectivity index (χ0n) is 10.5. The Morgan fingerprint density at radius 2 is 1.62 bits per heavy atom. The topological polar surface area (TPSA) is 44.5 Å². The smallest absolute Gasteiger partial charge is 0.246 e. The van der Waals surface area contributed by atoms with Crippen molar-refractivity contribution in [3.05, 3.63) is 23.3 Å². The van der Waals surface area contributed by atoms with Crippen molar-refractivity contribution >= 4 is 0 Å². The lowest BCUT2D eigenvalue weighted by atomic mass is 9.91. The van der Waals surface area contributed by atoms with Crippen LogP contribution in [0.25, 0.3) is 0 Å². The standard InChI is InChI=1S/C13H19NO2/c1-8-6-10-11(16-13(4,5)15-10)7-9(8)12(2,3)14/h6-7H,14H2,1-5H3. The van der Waals surface area contributed by atoms with Gasteiger partial charge in [-0.15, -0.1) is 0 Å². The fraction of sp³-hybridized carbons (Fsp3) is 0.538. The molecule has 0 radical (unpaired) electrons. The molecule has 1 heterocycles. The van der Waals surface area contributed by atoms with Crippen LogP contribution in [0.5, 0.6) is 11.5 Å². The molecular weight excluding hydrogens is 202 g/mol. The van der Waals surface area contributed by atoms with Crippen LogP contribution in [0.15, 0.2) is 12.1 Å². The van der Waals surface area contributed by atoms with Crippen molar-refractivity contribution < 1.29 is 9.47 Å². The molecule has 0 fully saturated rings. The van der Waals surface area contributed by atoms with Crippen LogP contribution in [0.1, 0.15) is 38.8 Å². The summed E-state index contributed by atoms with van der Waals surface area (Å²) < 4.78 is 11.4. The van der Waals surface area contributed by atoms with Gasteiger partial charge in [0.25, 0.3) is 0 Å². The molecule has 2 N–H and O–H groups in total. The van der Waals surface area contributed by atoms with Crippen LogP contribution in [-0.4, -0.2) is 5.79 Å². The van der Waals surface area contributed by atoms with E-state index in [-0.39, 0.29) is 5.54 Å². The predicted octanol–water partition coefficient (Wildman–Crippen LogP) is 2.70. The summed E-state index contributed by atoms with van der Waals surface area (Å²) in [5.41, 5.74) is 7.98. The first-order valence-electron chi connectivity index (χ1n) is 5.51. The molecule has 16 heavy (non-hydrogen) atoms. The molecule has 0 amide bonds. The van der Waals surface area contributed by atoms with Crippen molar-refractivity contribution in [3.8, 4) is 11.5 Å². The van der Waals surface area contributed by atoms with Crippen LogP contribution in [0.3, 0.4) is 0 Å². The van der Waals surface area contributed by atoms with Crippen molar-refractivity contribution in [1.29, 1.82) is 0 Å². The summed E-state index contributed by atoms with van der Waals surface area (Å²) in [6.07, 6.45) is 0. The van der Waals surface area contributed by atoms with Crippen molar-refractivity contribution in [2.45, 2.75) is 45.9 Å². The van der Waals surface area contributed by atoms with Gasteiger partial charge < -0.3 is 15.2 Å². The predicted molar refractivity (Wildman–Crippen MR) is 63.7 cm³/mol. The molecule has 0 unspecified atom stereocenters. The van der Waals surface area contributed by atoms with E-state index in [9.17, 15) is 0 Å². The van der Waals surface area contributed by atoms with Gasteiger partial charge >= 0.3 is 0 Å². The highest BCUT2D eigenvalue weighted by Crippen LogP contribution is 2.42. The molecule has 0 bridgehead atoms. The molecular formula is C13H19NO2. The van der Waals surface area contributed by atoms with Gasteiger partial charge in [-0.05, 0) is 44.0 Å². The Labute approximate surface area is 96.5 Å². The third kappa shape index (κ3) is 1.87. The Hall–Kier alpha value is -1.22. The summed E-state index contributed by atoms with van der Waals surface area (Å²) in [5.74, 6) is 1.01. The Bertz CT molecular complexity index is 430. The van der Waals surface area contributed by atoms with Gasteiger partial charge in [-0.3, -0.25) is 0 Å². The summed E-state index contributed by atoms with van der Waals surface area (Å²) in [7, 11) is 0. The second kappa shape index (κ2) is 3.14. The zero-order valence-corrected chi connectivity index (χ0v) is 10.5. The first kappa shape index (κ1) is 11.3. The maximum absolute atomic E-state index is 6.12. The summed E-state index contributed by atoms with van der Waals surface area (Å²) >= 11 is 0. The molecule has 1 aromatic rings. The second-order valence-electron chi connectivity index (χ2n) is 5.44. The van der Waals surface area contributed by atoms with Gasteiger partial charge in [0.05, 0.1) is 0 Å². The lowest BCUT2D eigenvalue weighted by Crippen LogP contribution is -2.30. The van der Waals surface area contributed by atoms with E-state index >= 15 is 0 Å². The molecule has 0 saturated carbocycles. The highest BCUT2D eigenvalue weighted by molar-refractivity contribution is 5.51. The van der Waals surface area contributed by atoms with Gasteiger partial charge in [-0.25, -0.2) is 0 Å². The second-order valence-corrected chi connectivity index (χ2v) is 5.44. The molecule has 3 heteroatoms. The number of aryl methyl sites for hydroxylation is 1. The molecule has 0 atom stereocenters. The molecule has 1 aliphatic rings. The van der Waals surface area contributed by atoms with Crippen molar-refractivity contribution in [2.24, 2.45) is 5.73 Å². The zero-order chi connectivity index (χ0) is 12.1. The Morgan fingerprint density at radius 3 is 2.12 bits per heavy atom. The minimum Gasteiger partial charge on any atom is -0.449 e. The Morgan fingerprint density at radius 1 is 1.12 bits per heavy atom. The molecule has 1 aliphatic heterocycles. The van der Waals surface area contributed by atoms with Crippen LogP contribution in [0.4, 0.5) is 0 Å². The summed E-state index contributed by atoms with van der Waals surface area (Å²) in [6.45, 7) is 9.81.